The van der Waals surface area contributed by atoms with Crippen LogP contribution in [0.1, 0.15) is 37.4 Å². The van der Waals surface area contributed by atoms with E-state index in [1.807, 2.05) is 24.3 Å². The molecule has 0 saturated heterocycles. The summed E-state index contributed by atoms with van der Waals surface area (Å²) < 4.78 is 1.78. The molecule has 4 heterocycles. The number of fused-ring (bicyclic) bond motifs is 2. The van der Waals surface area contributed by atoms with Gasteiger partial charge in [-0.1, -0.05) is 25.8 Å². The summed E-state index contributed by atoms with van der Waals surface area (Å²) >= 11 is 0. The van der Waals surface area contributed by atoms with Gasteiger partial charge in [0.25, 0.3) is 5.56 Å². The van der Waals surface area contributed by atoms with E-state index in [0.717, 1.165) is 24.2 Å². The van der Waals surface area contributed by atoms with E-state index in [1.54, 1.807) is 17.0 Å². The summed E-state index contributed by atoms with van der Waals surface area (Å²) in [6.45, 7) is 5.06. The van der Waals surface area contributed by atoms with Crippen molar-refractivity contribution in [1.29, 1.82) is 0 Å². The van der Waals surface area contributed by atoms with Gasteiger partial charge in [0.1, 0.15) is 11.5 Å². The SMILES string of the molecule is CCC1(C)Cc2nc3cc(C#Cc4ccccn4)cnc3c(=O)n2C1. The average molecular weight is 330 g/mol. The van der Waals surface area contributed by atoms with Crippen LogP contribution in [0.25, 0.3) is 11.0 Å². The molecule has 0 spiro atoms. The van der Waals surface area contributed by atoms with E-state index < -0.39 is 0 Å². The van der Waals surface area contributed by atoms with Crippen LogP contribution in [-0.4, -0.2) is 19.5 Å². The summed E-state index contributed by atoms with van der Waals surface area (Å²) in [5.41, 5.74) is 2.49. The standard InChI is InChI=1S/C20H18N4O/c1-3-20(2)11-17-23-16-10-14(7-8-15-6-4-5-9-21-15)12-22-18(16)19(25)24(17)13-20/h4-6,9-10,12H,3,11,13H2,1-2H3. The predicted molar refractivity (Wildman–Crippen MR) is 96.1 cm³/mol. The Morgan fingerprint density at radius 2 is 2.16 bits per heavy atom. The van der Waals surface area contributed by atoms with E-state index in [9.17, 15) is 4.79 Å². The molecule has 5 heteroatoms. The second-order valence-corrected chi connectivity index (χ2v) is 6.82. The zero-order chi connectivity index (χ0) is 17.4. The number of aromatic nitrogens is 4. The molecule has 25 heavy (non-hydrogen) atoms. The van der Waals surface area contributed by atoms with Crippen LogP contribution in [0.2, 0.25) is 0 Å². The van der Waals surface area contributed by atoms with Gasteiger partial charge in [-0.2, -0.15) is 0 Å². The Morgan fingerprint density at radius 1 is 1.28 bits per heavy atom. The van der Waals surface area contributed by atoms with E-state index in [0.29, 0.717) is 23.3 Å². The van der Waals surface area contributed by atoms with E-state index in [-0.39, 0.29) is 11.0 Å². The minimum absolute atomic E-state index is 0.0542. The van der Waals surface area contributed by atoms with Crippen LogP contribution < -0.4 is 5.56 Å². The Kier molecular flexibility index (Phi) is 3.61. The quantitative estimate of drug-likeness (QED) is 0.643. The molecule has 0 aromatic carbocycles. The highest BCUT2D eigenvalue weighted by Gasteiger charge is 2.33. The van der Waals surface area contributed by atoms with Crippen molar-refractivity contribution in [3.05, 3.63) is 64.1 Å². The number of pyridine rings is 2. The molecule has 4 rings (SSSR count). The fraction of sp³-hybridized carbons (Fsp3) is 0.300. The van der Waals surface area contributed by atoms with Crippen molar-refractivity contribution in [2.24, 2.45) is 5.41 Å². The zero-order valence-corrected chi connectivity index (χ0v) is 14.3. The number of hydrogen-bond donors (Lipinski definition) is 0. The molecule has 1 unspecified atom stereocenters. The first-order valence-electron chi connectivity index (χ1n) is 8.40. The van der Waals surface area contributed by atoms with Crippen LogP contribution in [0, 0.1) is 17.3 Å². The van der Waals surface area contributed by atoms with Gasteiger partial charge in [-0.15, -0.1) is 0 Å². The van der Waals surface area contributed by atoms with Gasteiger partial charge in [0.2, 0.25) is 0 Å². The lowest BCUT2D eigenvalue weighted by atomic mass is 9.86. The smallest absolute Gasteiger partial charge is 0.280 e. The first kappa shape index (κ1) is 15.5. The van der Waals surface area contributed by atoms with Crippen molar-refractivity contribution >= 4 is 11.0 Å². The summed E-state index contributed by atoms with van der Waals surface area (Å²) in [4.78, 5) is 25.9. The van der Waals surface area contributed by atoms with E-state index in [4.69, 9.17) is 4.98 Å². The number of nitrogens with zero attached hydrogens (tertiary/aromatic N) is 4. The van der Waals surface area contributed by atoms with Crippen molar-refractivity contribution in [3.63, 3.8) is 0 Å². The second kappa shape index (κ2) is 5.82. The van der Waals surface area contributed by atoms with Gasteiger partial charge in [0.15, 0.2) is 5.52 Å². The van der Waals surface area contributed by atoms with Gasteiger partial charge in [-0.25, -0.2) is 15.0 Å². The monoisotopic (exact) mass is 330 g/mol. The molecule has 0 saturated carbocycles. The Morgan fingerprint density at radius 3 is 2.92 bits per heavy atom. The maximum Gasteiger partial charge on any atom is 0.280 e. The Balaban J connectivity index is 1.77. The lowest BCUT2D eigenvalue weighted by Crippen LogP contribution is -2.24. The van der Waals surface area contributed by atoms with E-state index in [1.165, 1.54) is 0 Å². The van der Waals surface area contributed by atoms with Gasteiger partial charge in [0.05, 0.1) is 5.52 Å². The molecule has 1 aliphatic heterocycles. The Hall–Kier alpha value is -3.00. The first-order chi connectivity index (χ1) is 12.1. The minimum atomic E-state index is -0.0542. The lowest BCUT2D eigenvalue weighted by Gasteiger charge is -2.18. The Bertz CT molecular complexity index is 1080. The molecular weight excluding hydrogens is 312 g/mol. The molecule has 1 atom stereocenters. The summed E-state index contributed by atoms with van der Waals surface area (Å²) in [6.07, 6.45) is 5.17. The predicted octanol–water partition coefficient (Wildman–Crippen LogP) is 2.56. The molecule has 3 aromatic heterocycles. The largest absolute Gasteiger partial charge is 0.294 e. The average Bonchev–Trinajstić information content (AvgIpc) is 2.98. The van der Waals surface area contributed by atoms with Crippen molar-refractivity contribution in [2.75, 3.05) is 0 Å². The van der Waals surface area contributed by atoms with Crippen molar-refractivity contribution in [1.82, 2.24) is 19.5 Å². The van der Waals surface area contributed by atoms with Crippen LogP contribution in [-0.2, 0) is 13.0 Å². The summed E-state index contributed by atoms with van der Waals surface area (Å²) in [5, 5.41) is 0. The van der Waals surface area contributed by atoms with Crippen molar-refractivity contribution in [3.8, 4) is 11.8 Å². The third-order valence-corrected chi connectivity index (χ3v) is 4.85. The fourth-order valence-corrected chi connectivity index (χ4v) is 3.14. The van der Waals surface area contributed by atoms with Crippen molar-refractivity contribution < 1.29 is 0 Å². The summed E-state index contributed by atoms with van der Waals surface area (Å²) in [6, 6.07) is 7.43. The van der Waals surface area contributed by atoms with Gasteiger partial charge >= 0.3 is 0 Å². The maximum atomic E-state index is 12.7. The van der Waals surface area contributed by atoms with Gasteiger partial charge in [-0.05, 0) is 36.0 Å². The Labute approximate surface area is 145 Å². The van der Waals surface area contributed by atoms with Crippen molar-refractivity contribution in [2.45, 2.75) is 33.2 Å². The summed E-state index contributed by atoms with van der Waals surface area (Å²) in [5.74, 6) is 6.89. The van der Waals surface area contributed by atoms with Crippen LogP contribution in [0.5, 0.6) is 0 Å². The second-order valence-electron chi connectivity index (χ2n) is 6.82. The maximum absolute atomic E-state index is 12.7. The normalized spacial score (nSPS) is 18.6. The van der Waals surface area contributed by atoms with Crippen LogP contribution in [0.15, 0.2) is 41.5 Å². The lowest BCUT2D eigenvalue weighted by molar-refractivity contribution is 0.303. The van der Waals surface area contributed by atoms with Gasteiger partial charge in [-0.3, -0.25) is 9.36 Å². The van der Waals surface area contributed by atoms with Gasteiger partial charge in [0, 0.05) is 30.9 Å². The van der Waals surface area contributed by atoms with Crippen LogP contribution in [0.4, 0.5) is 0 Å². The molecule has 3 aromatic rings. The molecule has 0 N–H and O–H groups in total. The van der Waals surface area contributed by atoms with E-state index >= 15 is 0 Å². The molecule has 5 nitrogen and oxygen atoms in total. The highest BCUT2D eigenvalue weighted by atomic mass is 16.1. The highest BCUT2D eigenvalue weighted by molar-refractivity contribution is 5.74. The molecule has 0 radical (unpaired) electrons. The molecule has 124 valence electrons. The fourth-order valence-electron chi connectivity index (χ4n) is 3.14. The molecule has 0 bridgehead atoms. The van der Waals surface area contributed by atoms with E-state index in [2.05, 4.69) is 35.7 Å². The zero-order valence-electron chi connectivity index (χ0n) is 14.3. The number of hydrogen-bond acceptors (Lipinski definition) is 4. The molecule has 0 amide bonds. The third kappa shape index (κ3) is 2.80. The molecule has 1 aliphatic rings. The molecule has 0 aliphatic carbocycles. The minimum Gasteiger partial charge on any atom is -0.294 e. The third-order valence-electron chi connectivity index (χ3n) is 4.85. The number of rotatable bonds is 1. The topological polar surface area (TPSA) is 60.7 Å². The van der Waals surface area contributed by atoms with Crippen LogP contribution >= 0.6 is 0 Å². The summed E-state index contributed by atoms with van der Waals surface area (Å²) in [7, 11) is 0. The highest BCUT2D eigenvalue weighted by Crippen LogP contribution is 2.33. The van der Waals surface area contributed by atoms with Crippen LogP contribution in [0.3, 0.4) is 0 Å². The van der Waals surface area contributed by atoms with Gasteiger partial charge < -0.3 is 0 Å². The molecular formula is C20H18N4O. The first-order valence-corrected chi connectivity index (χ1v) is 8.40. The molecule has 0 fully saturated rings.